The average molecular weight is 402 g/mol. The van der Waals surface area contributed by atoms with Crippen LogP contribution in [0.1, 0.15) is 39.7 Å². The molecule has 0 aliphatic rings. The number of halogens is 3. The van der Waals surface area contributed by atoms with E-state index in [1.165, 1.54) is 11.8 Å². The maximum absolute atomic E-state index is 12.6. The highest BCUT2D eigenvalue weighted by Gasteiger charge is 2.31. The molecule has 9 heteroatoms. The van der Waals surface area contributed by atoms with Gasteiger partial charge in [0.15, 0.2) is 6.10 Å². The zero-order valence-electron chi connectivity index (χ0n) is 16.3. The molecule has 1 rings (SSSR count). The Morgan fingerprint density at radius 2 is 1.71 bits per heavy atom. The van der Waals surface area contributed by atoms with E-state index in [2.05, 4.69) is 5.32 Å². The number of carbonyl (C=O) groups excluding carboxylic acids is 3. The Hall–Kier alpha value is -2.58. The van der Waals surface area contributed by atoms with Crippen molar-refractivity contribution >= 4 is 23.5 Å². The maximum Gasteiger partial charge on any atom is 0.416 e. The van der Waals surface area contributed by atoms with E-state index < -0.39 is 29.8 Å². The second kappa shape index (κ2) is 10.1. The monoisotopic (exact) mass is 402 g/mol. The zero-order valence-corrected chi connectivity index (χ0v) is 16.3. The van der Waals surface area contributed by atoms with Gasteiger partial charge in [0.05, 0.1) is 12.1 Å². The van der Waals surface area contributed by atoms with Crippen LogP contribution in [0.3, 0.4) is 0 Å². The van der Waals surface area contributed by atoms with E-state index >= 15 is 0 Å². The van der Waals surface area contributed by atoms with E-state index in [9.17, 15) is 27.6 Å². The predicted molar refractivity (Wildman–Crippen MR) is 97.7 cm³/mol. The topological polar surface area (TPSA) is 75.7 Å². The molecule has 0 unspecified atom stereocenters. The van der Waals surface area contributed by atoms with Gasteiger partial charge in [-0.05, 0) is 50.5 Å². The standard InChI is InChI=1S/C19H25F3N2O4/c1-5-24(11-13(4)25)17(26)16(10-12(2)3)28-18(27)23-15-8-6-14(7-9-15)19(20,21)22/h6-9,12,16H,5,10-11H2,1-4H3,(H,23,27)/t16-/m0/s1. The van der Waals surface area contributed by atoms with Crippen LogP contribution in [0, 0.1) is 5.92 Å². The molecule has 156 valence electrons. The van der Waals surface area contributed by atoms with E-state index in [0.29, 0.717) is 0 Å². The van der Waals surface area contributed by atoms with Crippen LogP contribution >= 0.6 is 0 Å². The zero-order chi connectivity index (χ0) is 21.5. The lowest BCUT2D eigenvalue weighted by Gasteiger charge is -2.26. The molecule has 0 heterocycles. The molecular formula is C19H25F3N2O4. The second-order valence-corrected chi connectivity index (χ2v) is 6.78. The Labute approximate surface area is 162 Å². The summed E-state index contributed by atoms with van der Waals surface area (Å²) >= 11 is 0. The van der Waals surface area contributed by atoms with Crippen LogP contribution < -0.4 is 5.32 Å². The maximum atomic E-state index is 12.6. The minimum absolute atomic E-state index is 0.0313. The highest BCUT2D eigenvalue weighted by molar-refractivity contribution is 5.90. The average Bonchev–Trinajstić information content (AvgIpc) is 2.57. The number of hydrogen-bond acceptors (Lipinski definition) is 4. The summed E-state index contributed by atoms with van der Waals surface area (Å²) in [5.41, 5.74) is -0.744. The van der Waals surface area contributed by atoms with Crippen molar-refractivity contribution < 1.29 is 32.3 Å². The minimum atomic E-state index is -4.48. The Morgan fingerprint density at radius 3 is 2.14 bits per heavy atom. The first-order chi connectivity index (χ1) is 12.9. The number of rotatable bonds is 8. The van der Waals surface area contributed by atoms with E-state index in [-0.39, 0.29) is 36.9 Å². The summed E-state index contributed by atoms with van der Waals surface area (Å²) < 4.78 is 43.0. The van der Waals surface area contributed by atoms with Crippen molar-refractivity contribution in [3.8, 4) is 0 Å². The molecule has 1 N–H and O–H groups in total. The Bertz CT molecular complexity index is 687. The van der Waals surface area contributed by atoms with Crippen LogP contribution in [-0.4, -0.2) is 41.9 Å². The van der Waals surface area contributed by atoms with Gasteiger partial charge in [-0.1, -0.05) is 13.8 Å². The lowest BCUT2D eigenvalue weighted by Crippen LogP contribution is -2.44. The van der Waals surface area contributed by atoms with Crippen molar-refractivity contribution in [2.75, 3.05) is 18.4 Å². The van der Waals surface area contributed by atoms with Crippen molar-refractivity contribution in [3.63, 3.8) is 0 Å². The molecule has 0 saturated heterocycles. The highest BCUT2D eigenvalue weighted by Crippen LogP contribution is 2.29. The van der Waals surface area contributed by atoms with Crippen LogP contribution in [0.5, 0.6) is 0 Å². The molecule has 0 aromatic heterocycles. The molecule has 1 aromatic rings. The van der Waals surface area contributed by atoms with Crippen molar-refractivity contribution in [3.05, 3.63) is 29.8 Å². The SMILES string of the molecule is CCN(CC(C)=O)C(=O)[C@H](CC(C)C)OC(=O)Nc1ccc(C(F)(F)F)cc1. The molecule has 0 saturated carbocycles. The van der Waals surface area contributed by atoms with Crippen LogP contribution in [-0.2, 0) is 20.5 Å². The highest BCUT2D eigenvalue weighted by atomic mass is 19.4. The van der Waals surface area contributed by atoms with Crippen molar-refractivity contribution in [2.45, 2.75) is 46.4 Å². The molecule has 0 aliphatic heterocycles. The largest absolute Gasteiger partial charge is 0.436 e. The summed E-state index contributed by atoms with van der Waals surface area (Å²) in [6, 6.07) is 3.85. The smallest absolute Gasteiger partial charge is 0.416 e. The van der Waals surface area contributed by atoms with E-state index in [1.807, 2.05) is 13.8 Å². The van der Waals surface area contributed by atoms with Gasteiger partial charge in [-0.15, -0.1) is 0 Å². The summed E-state index contributed by atoms with van der Waals surface area (Å²) in [5, 5.41) is 2.31. The van der Waals surface area contributed by atoms with Crippen LogP contribution in [0.15, 0.2) is 24.3 Å². The summed E-state index contributed by atoms with van der Waals surface area (Å²) in [6.45, 7) is 6.93. The normalized spacial score (nSPS) is 12.4. The molecule has 0 spiro atoms. The van der Waals surface area contributed by atoms with Gasteiger partial charge < -0.3 is 9.64 Å². The molecular weight excluding hydrogens is 377 g/mol. The molecule has 1 atom stereocenters. The number of carbonyl (C=O) groups is 3. The summed E-state index contributed by atoms with van der Waals surface area (Å²) in [6.07, 6.45) is -6.30. The lowest BCUT2D eigenvalue weighted by atomic mass is 10.0. The molecule has 6 nitrogen and oxygen atoms in total. The molecule has 0 fully saturated rings. The van der Waals surface area contributed by atoms with Crippen LogP contribution in [0.4, 0.5) is 23.7 Å². The number of amides is 2. The van der Waals surface area contributed by atoms with Crippen molar-refractivity contribution in [1.29, 1.82) is 0 Å². The first-order valence-corrected chi connectivity index (χ1v) is 8.87. The molecule has 0 bridgehead atoms. The van der Waals surface area contributed by atoms with E-state index in [0.717, 1.165) is 24.3 Å². The van der Waals surface area contributed by atoms with Gasteiger partial charge in [0, 0.05) is 12.2 Å². The lowest BCUT2D eigenvalue weighted by molar-refractivity contribution is -0.143. The number of hydrogen-bond donors (Lipinski definition) is 1. The van der Waals surface area contributed by atoms with Gasteiger partial charge >= 0.3 is 12.3 Å². The van der Waals surface area contributed by atoms with Crippen LogP contribution in [0.2, 0.25) is 0 Å². The first kappa shape index (κ1) is 23.5. The summed E-state index contributed by atoms with van der Waals surface area (Å²) in [5.74, 6) is -0.662. The van der Waals surface area contributed by atoms with Gasteiger partial charge in [0.25, 0.3) is 5.91 Å². The molecule has 2 amide bonds. The third kappa shape index (κ3) is 7.58. The van der Waals surface area contributed by atoms with Gasteiger partial charge in [-0.2, -0.15) is 13.2 Å². The number of ether oxygens (including phenoxy) is 1. The van der Waals surface area contributed by atoms with Crippen molar-refractivity contribution in [2.24, 2.45) is 5.92 Å². The number of nitrogens with zero attached hydrogens (tertiary/aromatic N) is 1. The fourth-order valence-corrected chi connectivity index (χ4v) is 2.46. The number of nitrogens with one attached hydrogen (secondary N) is 1. The Balaban J connectivity index is 2.84. The van der Waals surface area contributed by atoms with Gasteiger partial charge in [-0.3, -0.25) is 14.9 Å². The van der Waals surface area contributed by atoms with E-state index in [1.54, 1.807) is 6.92 Å². The Morgan fingerprint density at radius 1 is 1.14 bits per heavy atom. The Kier molecular flexibility index (Phi) is 8.46. The second-order valence-electron chi connectivity index (χ2n) is 6.78. The number of benzene rings is 1. The summed E-state index contributed by atoms with van der Waals surface area (Å²) in [7, 11) is 0. The number of anilines is 1. The number of alkyl halides is 3. The molecule has 1 aromatic carbocycles. The fraction of sp³-hybridized carbons (Fsp3) is 0.526. The molecule has 0 aliphatic carbocycles. The van der Waals surface area contributed by atoms with Gasteiger partial charge in [0.2, 0.25) is 0 Å². The predicted octanol–water partition coefficient (Wildman–Crippen LogP) is 4.11. The third-order valence-corrected chi connectivity index (χ3v) is 3.78. The van der Waals surface area contributed by atoms with Gasteiger partial charge in [-0.25, -0.2) is 4.79 Å². The quantitative estimate of drug-likeness (QED) is 0.710. The minimum Gasteiger partial charge on any atom is -0.436 e. The van der Waals surface area contributed by atoms with Crippen LogP contribution in [0.25, 0.3) is 0 Å². The third-order valence-electron chi connectivity index (χ3n) is 3.78. The first-order valence-electron chi connectivity index (χ1n) is 8.87. The summed E-state index contributed by atoms with van der Waals surface area (Å²) in [4.78, 5) is 37.4. The van der Waals surface area contributed by atoms with Crippen molar-refractivity contribution in [1.82, 2.24) is 4.90 Å². The number of ketones is 1. The number of likely N-dealkylation sites (N-methyl/N-ethyl adjacent to an activating group) is 1. The molecule has 28 heavy (non-hydrogen) atoms. The van der Waals surface area contributed by atoms with Gasteiger partial charge in [0.1, 0.15) is 5.78 Å². The molecule has 0 radical (unpaired) electrons. The number of Topliss-reactive ketones (excluding diaryl/α,β-unsaturated/α-hetero) is 1. The fourth-order valence-electron chi connectivity index (χ4n) is 2.46. The van der Waals surface area contributed by atoms with E-state index in [4.69, 9.17) is 4.74 Å².